The van der Waals surface area contributed by atoms with Crippen LogP contribution in [-0.4, -0.2) is 31.1 Å². The Morgan fingerprint density at radius 1 is 0.275 bits per heavy atom. The summed E-state index contributed by atoms with van der Waals surface area (Å²) in [5.74, 6) is 0. The molecule has 0 amide bonds. The molecule has 2 unspecified atom stereocenters. The second-order valence-electron chi connectivity index (χ2n) is 21.5. The van der Waals surface area contributed by atoms with Crippen molar-refractivity contribution in [1.29, 1.82) is 0 Å². The first-order valence-electron chi connectivity index (χ1n) is 29.1. The lowest BCUT2D eigenvalue weighted by Gasteiger charge is -2.60. The van der Waals surface area contributed by atoms with Crippen molar-refractivity contribution in [1.82, 2.24) is 8.47 Å². The molecule has 7 rings (SSSR count). The Labute approximate surface area is 423 Å². The Morgan fingerprint density at radius 2 is 0.565 bits per heavy atom. The van der Waals surface area contributed by atoms with Gasteiger partial charge in [-0.3, -0.25) is 0 Å². The minimum absolute atomic E-state index is 1.29. The molecule has 0 aliphatic rings. The van der Waals surface area contributed by atoms with Gasteiger partial charge in [-0.05, 0) is 47.6 Å². The number of para-hydroxylation sites is 4. The molecule has 69 heavy (non-hydrogen) atoms. The minimum atomic E-state index is -2.81. The largest absolute Gasteiger partial charge is 0.370 e. The number of rotatable bonds is 34. The summed E-state index contributed by atoms with van der Waals surface area (Å²) in [4.78, 5) is 0. The van der Waals surface area contributed by atoms with Crippen molar-refractivity contribution in [2.45, 2.75) is 219 Å². The molecule has 5 aromatic carbocycles. The summed E-state index contributed by atoms with van der Waals surface area (Å²) in [6.07, 6.45) is 32.5. The van der Waals surface area contributed by atoms with Crippen LogP contribution in [0.4, 0.5) is 0 Å². The van der Waals surface area contributed by atoms with E-state index in [0.717, 1.165) is 0 Å². The first kappa shape index (κ1) is 53.2. The number of fused-ring (bicyclic) bond motifs is 6. The van der Waals surface area contributed by atoms with Gasteiger partial charge < -0.3 is 8.47 Å². The van der Waals surface area contributed by atoms with Gasteiger partial charge in [-0.2, -0.15) is 0 Å². The molecular weight excluding hydrogens is 881 g/mol. The third-order valence-corrected chi connectivity index (χ3v) is 55.7. The van der Waals surface area contributed by atoms with Gasteiger partial charge >= 0.3 is 0 Å². The van der Waals surface area contributed by atoms with Crippen LogP contribution >= 0.6 is 0 Å². The fourth-order valence-corrected chi connectivity index (χ4v) is 63.8. The molecule has 2 heterocycles. The van der Waals surface area contributed by atoms with Crippen LogP contribution < -0.4 is 5.19 Å². The number of nitrogens with zero attached hydrogens (tertiary/aromatic N) is 2. The Bertz CT molecular complexity index is 2430. The summed E-state index contributed by atoms with van der Waals surface area (Å²) in [7, 11) is -8.01. The quantitative estimate of drug-likeness (QED) is 0.0281. The molecule has 2 atom stereocenters. The van der Waals surface area contributed by atoms with Crippen LogP contribution in [-0.2, 0) is 0 Å². The molecule has 0 saturated carbocycles. The van der Waals surface area contributed by atoms with Crippen LogP contribution in [0.5, 0.6) is 0 Å². The van der Waals surface area contributed by atoms with Gasteiger partial charge in [-0.15, -0.1) is 0 Å². The molecule has 0 radical (unpaired) electrons. The monoisotopic (exact) mass is 975 g/mol. The summed E-state index contributed by atoms with van der Waals surface area (Å²) in [5, 5.41) is 7.74. The number of aromatic nitrogens is 2. The van der Waals surface area contributed by atoms with Crippen LogP contribution in [0.2, 0.25) is 30.2 Å². The molecule has 0 aliphatic heterocycles. The minimum Gasteiger partial charge on any atom is -0.370 e. The van der Waals surface area contributed by atoms with Crippen molar-refractivity contribution < 1.29 is 0 Å². The first-order chi connectivity index (χ1) is 34.1. The van der Waals surface area contributed by atoms with Gasteiger partial charge in [0.15, 0.2) is 15.5 Å². The van der Waals surface area contributed by atoms with Gasteiger partial charge in [-0.1, -0.05) is 304 Å². The molecule has 372 valence electrons. The normalized spacial score (nSPS) is 14.0. The molecule has 0 bridgehead atoms. The summed E-state index contributed by atoms with van der Waals surface area (Å²) in [5.41, 5.74) is 6.22. The summed E-state index contributed by atoms with van der Waals surface area (Å²) >= 11 is 0. The molecule has 0 spiro atoms. The molecule has 2 nitrogen and oxygen atoms in total. The van der Waals surface area contributed by atoms with E-state index >= 15 is 0 Å². The SMILES string of the molecule is CCCCCCC[Si](CCCCCC)(n1c2ccccc2c2ccccc21)[Si](CCCCCCC)(CCCCCCC)[Si](CCCCCCC)(c1ccccc1)n1c2ccccc2c2ccccc21. The van der Waals surface area contributed by atoms with Crippen LogP contribution in [0.15, 0.2) is 127 Å². The number of unbranched alkanes of at least 4 members (excludes halogenated alkanes) is 19. The molecule has 5 heteroatoms. The lowest BCUT2D eigenvalue weighted by atomic mass is 10.2. The molecular formula is C64H94N2Si3. The summed E-state index contributed by atoms with van der Waals surface area (Å²) in [6, 6.07) is 59.4. The van der Waals surface area contributed by atoms with Gasteiger partial charge in [0, 0.05) is 43.6 Å². The van der Waals surface area contributed by atoms with E-state index in [0.29, 0.717) is 0 Å². The van der Waals surface area contributed by atoms with Gasteiger partial charge in [0.05, 0.1) is 7.11 Å². The van der Waals surface area contributed by atoms with Gasteiger partial charge in [0.2, 0.25) is 0 Å². The lowest BCUT2D eigenvalue weighted by Crippen LogP contribution is -2.86. The van der Waals surface area contributed by atoms with E-state index in [4.69, 9.17) is 0 Å². The number of hydrogen-bond donors (Lipinski definition) is 0. The highest BCUT2D eigenvalue weighted by molar-refractivity contribution is 7.72. The smallest absolute Gasteiger partial charge is 0.181 e. The second kappa shape index (κ2) is 27.3. The Hall–Kier alpha value is -3.65. The summed E-state index contributed by atoms with van der Waals surface area (Å²) < 4.78 is 6.65. The van der Waals surface area contributed by atoms with Crippen molar-refractivity contribution in [2.75, 3.05) is 0 Å². The van der Waals surface area contributed by atoms with E-state index in [2.05, 4.69) is 170 Å². The zero-order chi connectivity index (χ0) is 48.2. The van der Waals surface area contributed by atoms with Crippen molar-refractivity contribution in [3.8, 4) is 0 Å². The van der Waals surface area contributed by atoms with E-state index in [1.165, 1.54) is 217 Å². The molecule has 7 aromatic rings. The molecule has 0 saturated heterocycles. The van der Waals surface area contributed by atoms with Crippen molar-refractivity contribution >= 4 is 71.4 Å². The number of benzene rings is 5. The maximum atomic E-state index is 3.35. The Morgan fingerprint density at radius 3 is 0.942 bits per heavy atom. The predicted octanol–water partition coefficient (Wildman–Crippen LogP) is 20.2. The highest BCUT2D eigenvalue weighted by atomic mass is 29.6. The van der Waals surface area contributed by atoms with Crippen LogP contribution in [0, 0.1) is 0 Å². The Kier molecular flexibility index (Phi) is 21.0. The van der Waals surface area contributed by atoms with E-state index in [1.807, 2.05) is 0 Å². The lowest BCUT2D eigenvalue weighted by molar-refractivity contribution is 0.640. The van der Waals surface area contributed by atoms with Gasteiger partial charge in [-0.25, -0.2) is 0 Å². The summed E-state index contributed by atoms with van der Waals surface area (Å²) in [6.45, 7) is 12.1. The van der Waals surface area contributed by atoms with Crippen molar-refractivity contribution in [3.63, 3.8) is 0 Å². The first-order valence-corrected chi connectivity index (χ1v) is 38.0. The van der Waals surface area contributed by atoms with Gasteiger partial charge in [0.25, 0.3) is 0 Å². The second-order valence-corrected chi connectivity index (χ2v) is 44.0. The van der Waals surface area contributed by atoms with E-state index in [9.17, 15) is 0 Å². The van der Waals surface area contributed by atoms with E-state index in [1.54, 1.807) is 16.2 Å². The number of hydrogen-bond acceptors (Lipinski definition) is 0. The average Bonchev–Trinajstić information content (AvgIpc) is 3.91. The van der Waals surface area contributed by atoms with Crippen molar-refractivity contribution in [2.24, 2.45) is 0 Å². The molecule has 2 aromatic heterocycles. The molecule has 0 fully saturated rings. The highest BCUT2D eigenvalue weighted by Crippen LogP contribution is 2.52. The zero-order valence-corrected chi connectivity index (χ0v) is 47.5. The maximum Gasteiger partial charge on any atom is 0.181 e. The molecule has 0 aliphatic carbocycles. The fourth-order valence-electron chi connectivity index (χ4n) is 13.9. The maximum absolute atomic E-state index is 3.35. The van der Waals surface area contributed by atoms with Crippen LogP contribution in [0.25, 0.3) is 43.6 Å². The third-order valence-electron chi connectivity index (χ3n) is 17.1. The van der Waals surface area contributed by atoms with E-state index in [-0.39, 0.29) is 0 Å². The third kappa shape index (κ3) is 11.5. The Balaban J connectivity index is 1.72. The zero-order valence-electron chi connectivity index (χ0n) is 44.5. The standard InChI is InChI=1S/C64H94N2Si3/c1-6-11-16-21-37-52-67(51-36-20-15-10-5,65-61-47-32-28-43-57(61)58-44-29-33-48-62(58)65)68(53-38-22-17-12-7-2,54-39-23-18-13-8-3)69(55-40-24-19-14-9-4,56-41-26-25-27-42-56)66-63-49-34-30-45-59(63)60-46-31-35-50-64(60)66/h25-35,41-50H,6-24,36-40,51-55H2,1-5H3. The van der Waals surface area contributed by atoms with Crippen molar-refractivity contribution in [3.05, 3.63) is 127 Å². The highest BCUT2D eigenvalue weighted by Gasteiger charge is 2.68. The van der Waals surface area contributed by atoms with Crippen LogP contribution in [0.3, 0.4) is 0 Å². The predicted molar refractivity (Wildman–Crippen MR) is 316 cm³/mol. The van der Waals surface area contributed by atoms with Crippen LogP contribution in [0.1, 0.15) is 189 Å². The fraction of sp³-hybridized carbons (Fsp3) is 0.531. The molecule has 0 N–H and O–H groups in total. The van der Waals surface area contributed by atoms with Gasteiger partial charge in [0.1, 0.15) is 0 Å². The van der Waals surface area contributed by atoms with E-state index < -0.39 is 22.6 Å². The topological polar surface area (TPSA) is 9.86 Å². The average molecular weight is 976 g/mol.